The Bertz CT molecular complexity index is 790. The van der Waals surface area contributed by atoms with Gasteiger partial charge in [0.25, 0.3) is 5.91 Å². The summed E-state index contributed by atoms with van der Waals surface area (Å²) in [5, 5.41) is 20.1. The average molecular weight is 403 g/mol. The number of aromatic amines is 1. The van der Waals surface area contributed by atoms with Crippen molar-refractivity contribution in [3.05, 3.63) is 29.8 Å². The summed E-state index contributed by atoms with van der Waals surface area (Å²) < 4.78 is 7.83. The van der Waals surface area contributed by atoms with Crippen LogP contribution in [0.3, 0.4) is 0 Å². The number of carbonyl (C=O) groups is 2. The largest absolute Gasteiger partial charge is 0.376 e. The van der Waals surface area contributed by atoms with Gasteiger partial charge >= 0.3 is 0 Å². The molecule has 3 N–H and O–H groups in total. The quantitative estimate of drug-likeness (QED) is 0.569. The second-order valence-electron chi connectivity index (χ2n) is 7.34. The monoisotopic (exact) mass is 403 g/mol. The van der Waals surface area contributed by atoms with E-state index in [2.05, 4.69) is 31.1 Å². The summed E-state index contributed by atoms with van der Waals surface area (Å²) in [6, 6.07) is 1.79. The third-order valence-electron chi connectivity index (χ3n) is 5.21. The van der Waals surface area contributed by atoms with Gasteiger partial charge in [-0.05, 0) is 38.7 Å². The molecule has 2 aromatic rings. The van der Waals surface area contributed by atoms with E-state index in [1.54, 1.807) is 6.20 Å². The number of nitrogens with one attached hydrogen (secondary N) is 3. The second kappa shape index (κ2) is 10.1. The summed E-state index contributed by atoms with van der Waals surface area (Å²) in [4.78, 5) is 25.0. The number of nitrogens with zero attached hydrogens (tertiary/aromatic N) is 4. The minimum Gasteiger partial charge on any atom is -0.376 e. The summed E-state index contributed by atoms with van der Waals surface area (Å²) in [6.07, 6.45) is 5.76. The molecule has 3 rings (SSSR count). The Balaban J connectivity index is 1.52. The van der Waals surface area contributed by atoms with Gasteiger partial charge in [0, 0.05) is 31.0 Å². The Morgan fingerprint density at radius 2 is 2.24 bits per heavy atom. The van der Waals surface area contributed by atoms with Crippen LogP contribution in [-0.2, 0) is 16.1 Å². The topological polar surface area (TPSA) is 127 Å². The average Bonchev–Trinajstić information content (AvgIpc) is 3.39. The van der Waals surface area contributed by atoms with E-state index in [-0.39, 0.29) is 35.6 Å². The standard InChI is InChI=1S/C19H29N7O3/c1-3-10-29-17-11-14(18(27)20-8-9-26-13(2)6-7-22-26)4-5-15(17)23-19(28)16-12-21-25-24-16/h6-7,12,14-15,17H,3-5,8-11H2,1-2H3,(H,20,27)(H,23,28)(H,21,24,25)/t14-,15+,17+/m0/s1. The maximum atomic E-state index is 12.6. The molecule has 0 spiro atoms. The Hall–Kier alpha value is -2.75. The lowest BCUT2D eigenvalue weighted by Crippen LogP contribution is -2.50. The number of ether oxygens (including phenoxy) is 1. The Labute approximate surface area is 169 Å². The molecule has 158 valence electrons. The van der Waals surface area contributed by atoms with Crippen molar-refractivity contribution in [1.29, 1.82) is 0 Å². The number of amides is 2. The third kappa shape index (κ3) is 5.63. The number of aryl methyl sites for hydroxylation is 1. The number of rotatable bonds is 9. The Kier molecular flexibility index (Phi) is 7.34. The molecular weight excluding hydrogens is 374 g/mol. The van der Waals surface area contributed by atoms with Gasteiger partial charge in [-0.15, -0.1) is 0 Å². The van der Waals surface area contributed by atoms with Crippen LogP contribution in [0.5, 0.6) is 0 Å². The van der Waals surface area contributed by atoms with E-state index in [1.807, 2.05) is 24.6 Å². The maximum Gasteiger partial charge on any atom is 0.273 e. The number of aromatic nitrogens is 5. The molecule has 2 amide bonds. The summed E-state index contributed by atoms with van der Waals surface area (Å²) in [5.41, 5.74) is 1.31. The molecule has 3 atom stereocenters. The SMILES string of the molecule is CCCO[C@@H]1C[C@@H](C(=O)NCCn2nccc2C)CC[C@H]1NC(=O)c1cn[nH]n1. The highest BCUT2D eigenvalue weighted by Gasteiger charge is 2.35. The van der Waals surface area contributed by atoms with Crippen molar-refractivity contribution >= 4 is 11.8 Å². The molecule has 0 bridgehead atoms. The lowest BCUT2D eigenvalue weighted by atomic mass is 9.83. The van der Waals surface area contributed by atoms with Crippen LogP contribution in [-0.4, -0.2) is 62.3 Å². The highest BCUT2D eigenvalue weighted by molar-refractivity contribution is 5.92. The van der Waals surface area contributed by atoms with Gasteiger partial charge in [-0.2, -0.15) is 20.5 Å². The third-order valence-corrected chi connectivity index (χ3v) is 5.21. The highest BCUT2D eigenvalue weighted by atomic mass is 16.5. The van der Waals surface area contributed by atoms with Gasteiger partial charge in [-0.3, -0.25) is 14.3 Å². The zero-order valence-electron chi connectivity index (χ0n) is 16.9. The number of hydrogen-bond donors (Lipinski definition) is 3. The molecule has 0 unspecified atom stereocenters. The maximum absolute atomic E-state index is 12.6. The molecule has 1 fully saturated rings. The van der Waals surface area contributed by atoms with E-state index in [0.29, 0.717) is 39.0 Å². The molecule has 2 aromatic heterocycles. The van der Waals surface area contributed by atoms with Gasteiger partial charge in [0.1, 0.15) is 0 Å². The van der Waals surface area contributed by atoms with Crippen LogP contribution in [0.1, 0.15) is 48.8 Å². The smallest absolute Gasteiger partial charge is 0.273 e. The number of carbonyl (C=O) groups excluding carboxylic acids is 2. The van der Waals surface area contributed by atoms with Crippen molar-refractivity contribution < 1.29 is 14.3 Å². The molecular formula is C19H29N7O3. The lowest BCUT2D eigenvalue weighted by Gasteiger charge is -2.35. The summed E-state index contributed by atoms with van der Waals surface area (Å²) in [7, 11) is 0. The van der Waals surface area contributed by atoms with E-state index in [1.165, 1.54) is 6.20 Å². The van der Waals surface area contributed by atoms with Crippen LogP contribution in [0.4, 0.5) is 0 Å². The minimum absolute atomic E-state index is 0.0289. The predicted molar refractivity (Wildman–Crippen MR) is 105 cm³/mol. The van der Waals surface area contributed by atoms with Crippen molar-refractivity contribution in [3.8, 4) is 0 Å². The molecule has 0 radical (unpaired) electrons. The summed E-state index contributed by atoms with van der Waals surface area (Å²) in [6.45, 7) is 5.79. The van der Waals surface area contributed by atoms with Gasteiger partial charge in [0.15, 0.2) is 5.69 Å². The zero-order chi connectivity index (χ0) is 20.6. The van der Waals surface area contributed by atoms with Gasteiger partial charge in [0.2, 0.25) is 5.91 Å². The van der Waals surface area contributed by atoms with Crippen molar-refractivity contribution in [3.63, 3.8) is 0 Å². The molecule has 0 aliphatic heterocycles. The van der Waals surface area contributed by atoms with Crippen molar-refractivity contribution in [2.75, 3.05) is 13.2 Å². The van der Waals surface area contributed by atoms with Gasteiger partial charge in [-0.1, -0.05) is 6.92 Å². The first kappa shape index (κ1) is 21.0. The van der Waals surface area contributed by atoms with Crippen molar-refractivity contribution in [2.24, 2.45) is 5.92 Å². The first-order chi connectivity index (χ1) is 14.1. The summed E-state index contributed by atoms with van der Waals surface area (Å²) in [5.74, 6) is -0.386. The number of H-pyrrole nitrogens is 1. The highest BCUT2D eigenvalue weighted by Crippen LogP contribution is 2.27. The molecule has 1 aliphatic carbocycles. The normalized spacial score (nSPS) is 21.7. The van der Waals surface area contributed by atoms with Crippen LogP contribution in [0.15, 0.2) is 18.5 Å². The molecule has 10 heteroatoms. The van der Waals surface area contributed by atoms with Crippen LogP contribution in [0.2, 0.25) is 0 Å². The van der Waals surface area contributed by atoms with E-state index < -0.39 is 0 Å². The van der Waals surface area contributed by atoms with Crippen LogP contribution >= 0.6 is 0 Å². The molecule has 0 aromatic carbocycles. The van der Waals surface area contributed by atoms with Crippen LogP contribution in [0.25, 0.3) is 0 Å². The predicted octanol–water partition coefficient (Wildman–Crippen LogP) is 0.820. The lowest BCUT2D eigenvalue weighted by molar-refractivity contribution is -0.128. The van der Waals surface area contributed by atoms with E-state index in [9.17, 15) is 9.59 Å². The summed E-state index contributed by atoms with van der Waals surface area (Å²) >= 11 is 0. The first-order valence-corrected chi connectivity index (χ1v) is 10.1. The fraction of sp³-hybridized carbons (Fsp3) is 0.632. The molecule has 1 saturated carbocycles. The Morgan fingerprint density at radius 3 is 2.93 bits per heavy atom. The zero-order valence-corrected chi connectivity index (χ0v) is 16.9. The minimum atomic E-state index is -0.286. The van der Waals surface area contributed by atoms with E-state index >= 15 is 0 Å². The fourth-order valence-corrected chi connectivity index (χ4v) is 3.60. The Morgan fingerprint density at radius 1 is 1.38 bits per heavy atom. The van der Waals surface area contributed by atoms with Crippen LogP contribution < -0.4 is 10.6 Å². The molecule has 10 nitrogen and oxygen atoms in total. The van der Waals surface area contributed by atoms with Gasteiger partial charge in [-0.25, -0.2) is 0 Å². The number of hydrogen-bond acceptors (Lipinski definition) is 6. The van der Waals surface area contributed by atoms with E-state index in [0.717, 1.165) is 12.1 Å². The second-order valence-corrected chi connectivity index (χ2v) is 7.34. The fourth-order valence-electron chi connectivity index (χ4n) is 3.60. The molecule has 1 aliphatic rings. The van der Waals surface area contributed by atoms with Gasteiger partial charge in [0.05, 0.1) is 24.9 Å². The van der Waals surface area contributed by atoms with Gasteiger partial charge < -0.3 is 15.4 Å². The first-order valence-electron chi connectivity index (χ1n) is 10.1. The van der Waals surface area contributed by atoms with E-state index in [4.69, 9.17) is 4.74 Å². The van der Waals surface area contributed by atoms with Crippen molar-refractivity contribution in [1.82, 2.24) is 35.8 Å². The molecule has 29 heavy (non-hydrogen) atoms. The van der Waals surface area contributed by atoms with Crippen LogP contribution in [0, 0.1) is 12.8 Å². The molecule has 2 heterocycles. The molecule has 0 saturated heterocycles. The van der Waals surface area contributed by atoms with Crippen molar-refractivity contribution in [2.45, 2.75) is 58.2 Å².